The van der Waals surface area contributed by atoms with Crippen LogP contribution in [0.2, 0.25) is 0 Å². The lowest BCUT2D eigenvalue weighted by Crippen LogP contribution is -2.25. The minimum atomic E-state index is -0.399. The van der Waals surface area contributed by atoms with Gasteiger partial charge in [0.25, 0.3) is 5.91 Å². The molecule has 1 amide bonds. The number of nitrogens with zero attached hydrogens (tertiary/aromatic N) is 4. The molecule has 1 aromatic carbocycles. The Hall–Kier alpha value is -4.21. The Morgan fingerprint density at radius 3 is 2.78 bits per heavy atom. The maximum absolute atomic E-state index is 14.0. The Labute approximate surface area is 207 Å². The predicted molar refractivity (Wildman–Crippen MR) is 132 cm³/mol. The average molecular weight is 491 g/mol. The molecule has 10 heteroatoms. The summed E-state index contributed by atoms with van der Waals surface area (Å²) in [7, 11) is 1.46. The van der Waals surface area contributed by atoms with Crippen molar-refractivity contribution in [3.63, 3.8) is 0 Å². The minimum absolute atomic E-state index is 0.0932. The van der Waals surface area contributed by atoms with E-state index >= 15 is 0 Å². The zero-order chi connectivity index (χ0) is 25.2. The summed E-state index contributed by atoms with van der Waals surface area (Å²) in [6.45, 7) is 1.93. The van der Waals surface area contributed by atoms with Crippen LogP contribution in [0.15, 0.2) is 42.6 Å². The van der Waals surface area contributed by atoms with Gasteiger partial charge in [-0.2, -0.15) is 4.98 Å². The largest absolute Gasteiger partial charge is 0.490 e. The number of methoxy groups -OCH3 is 1. The number of aryl methyl sites for hydroxylation is 1. The van der Waals surface area contributed by atoms with Gasteiger partial charge in [-0.3, -0.25) is 4.79 Å². The smallest absolute Gasteiger partial charge is 0.257 e. The molecule has 0 atom stereocenters. The summed E-state index contributed by atoms with van der Waals surface area (Å²) < 4.78 is 27.1. The number of carbonyl (C=O) groups is 1. The molecule has 1 aliphatic rings. The molecule has 0 unspecified atom stereocenters. The van der Waals surface area contributed by atoms with Crippen molar-refractivity contribution in [3.8, 4) is 22.8 Å². The lowest BCUT2D eigenvalue weighted by Gasteiger charge is -2.17. The van der Waals surface area contributed by atoms with Gasteiger partial charge >= 0.3 is 0 Å². The molecule has 0 radical (unpaired) electrons. The van der Waals surface area contributed by atoms with E-state index in [1.807, 2.05) is 19.1 Å². The summed E-state index contributed by atoms with van der Waals surface area (Å²) in [4.78, 5) is 21.9. The number of ether oxygens (including phenoxy) is 2. The van der Waals surface area contributed by atoms with Crippen LogP contribution in [0.3, 0.4) is 0 Å². The summed E-state index contributed by atoms with van der Waals surface area (Å²) in [5.74, 6) is 0.164. The first-order valence-corrected chi connectivity index (χ1v) is 11.8. The molecule has 3 aromatic heterocycles. The first-order valence-electron chi connectivity index (χ1n) is 11.8. The molecule has 0 bridgehead atoms. The third kappa shape index (κ3) is 4.79. The van der Waals surface area contributed by atoms with Crippen LogP contribution in [0.25, 0.3) is 16.8 Å². The molecule has 5 rings (SSSR count). The van der Waals surface area contributed by atoms with Crippen LogP contribution in [0.4, 0.5) is 10.3 Å². The van der Waals surface area contributed by atoms with Gasteiger partial charge in [0.1, 0.15) is 17.1 Å². The summed E-state index contributed by atoms with van der Waals surface area (Å²) in [6.07, 6.45) is 6.06. The summed E-state index contributed by atoms with van der Waals surface area (Å²) >= 11 is 0. The third-order valence-electron chi connectivity index (χ3n) is 6.34. The third-order valence-corrected chi connectivity index (χ3v) is 6.34. The number of nitrogens with two attached hydrogens (primary N) is 1. The second-order valence-electron chi connectivity index (χ2n) is 8.83. The van der Waals surface area contributed by atoms with E-state index in [9.17, 15) is 9.18 Å². The standard InChI is InChI=1S/C26H27FN6O3/c1-15-20(16-9-10-33-23(12-16)31-26(28)32-33)13-21(25(30-15)35-2)24(34)29-14-17-11-18(27)7-8-22(17)36-19-5-3-4-6-19/h7-13,19H,3-6,14H2,1-2H3,(H2,28,32)(H,29,34). The molecule has 0 saturated heterocycles. The van der Waals surface area contributed by atoms with Crippen LogP contribution in [-0.2, 0) is 6.54 Å². The molecule has 0 aliphatic heterocycles. The highest BCUT2D eigenvalue weighted by Gasteiger charge is 2.21. The van der Waals surface area contributed by atoms with Gasteiger partial charge in [0.2, 0.25) is 11.8 Å². The normalized spacial score (nSPS) is 13.8. The number of nitrogens with one attached hydrogen (secondary N) is 1. The number of nitrogen functional groups attached to an aromatic ring is 1. The monoisotopic (exact) mass is 490 g/mol. The fraction of sp³-hybridized carbons (Fsp3) is 0.308. The number of fused-ring (bicyclic) bond motifs is 1. The first kappa shape index (κ1) is 23.5. The number of anilines is 1. The van der Waals surface area contributed by atoms with E-state index in [0.29, 0.717) is 22.7 Å². The summed E-state index contributed by atoms with van der Waals surface area (Å²) in [5, 5.41) is 6.95. The van der Waals surface area contributed by atoms with E-state index in [0.717, 1.165) is 36.8 Å². The molecular formula is C26H27FN6O3. The van der Waals surface area contributed by atoms with Gasteiger partial charge in [-0.15, -0.1) is 5.10 Å². The number of benzene rings is 1. The molecule has 36 heavy (non-hydrogen) atoms. The SMILES string of the molecule is COc1nc(C)c(-c2ccn3nc(N)nc3c2)cc1C(=O)NCc1cc(F)ccc1OC1CCCC1. The number of hydrogen-bond donors (Lipinski definition) is 2. The zero-order valence-corrected chi connectivity index (χ0v) is 20.1. The van der Waals surface area contributed by atoms with Gasteiger partial charge in [0, 0.05) is 29.6 Å². The van der Waals surface area contributed by atoms with E-state index in [1.54, 1.807) is 22.8 Å². The van der Waals surface area contributed by atoms with Crippen molar-refractivity contribution in [2.45, 2.75) is 45.3 Å². The Bertz CT molecular complexity index is 1430. The summed E-state index contributed by atoms with van der Waals surface area (Å²) in [6, 6.07) is 9.77. The van der Waals surface area contributed by atoms with Crippen LogP contribution in [0.1, 0.15) is 47.3 Å². The fourth-order valence-electron chi connectivity index (χ4n) is 4.52. The molecule has 1 fully saturated rings. The Morgan fingerprint density at radius 2 is 2.00 bits per heavy atom. The summed E-state index contributed by atoms with van der Waals surface area (Å²) in [5.41, 5.74) is 9.32. The van der Waals surface area contributed by atoms with E-state index in [2.05, 4.69) is 20.4 Å². The maximum atomic E-state index is 14.0. The molecule has 1 aliphatic carbocycles. The van der Waals surface area contributed by atoms with Crippen molar-refractivity contribution in [1.29, 1.82) is 0 Å². The maximum Gasteiger partial charge on any atom is 0.257 e. The molecule has 3 heterocycles. The minimum Gasteiger partial charge on any atom is -0.490 e. The van der Waals surface area contributed by atoms with Crippen LogP contribution < -0.4 is 20.5 Å². The number of pyridine rings is 2. The van der Waals surface area contributed by atoms with Gasteiger partial charge in [-0.05, 0) is 74.6 Å². The molecule has 0 spiro atoms. The van der Waals surface area contributed by atoms with Gasteiger partial charge in [0.05, 0.1) is 13.2 Å². The van der Waals surface area contributed by atoms with Gasteiger partial charge in [0.15, 0.2) is 5.65 Å². The van der Waals surface area contributed by atoms with Crippen LogP contribution in [0, 0.1) is 12.7 Å². The number of rotatable bonds is 7. The molecule has 186 valence electrons. The number of aromatic nitrogens is 4. The van der Waals surface area contributed by atoms with Crippen LogP contribution in [0.5, 0.6) is 11.6 Å². The van der Waals surface area contributed by atoms with Gasteiger partial charge in [-0.25, -0.2) is 13.9 Å². The van der Waals surface area contributed by atoms with E-state index in [1.165, 1.54) is 19.2 Å². The fourth-order valence-corrected chi connectivity index (χ4v) is 4.52. The Balaban J connectivity index is 1.41. The van der Waals surface area contributed by atoms with E-state index < -0.39 is 5.91 Å². The highest BCUT2D eigenvalue weighted by atomic mass is 19.1. The van der Waals surface area contributed by atoms with Crippen molar-refractivity contribution in [2.24, 2.45) is 0 Å². The number of halogens is 1. The van der Waals surface area contributed by atoms with Crippen LogP contribution >= 0.6 is 0 Å². The van der Waals surface area contributed by atoms with E-state index in [-0.39, 0.29) is 35.9 Å². The molecule has 4 aromatic rings. The number of hydrogen-bond acceptors (Lipinski definition) is 7. The van der Waals surface area contributed by atoms with Crippen molar-refractivity contribution in [3.05, 3.63) is 65.2 Å². The van der Waals surface area contributed by atoms with Crippen molar-refractivity contribution < 1.29 is 18.7 Å². The highest BCUT2D eigenvalue weighted by Crippen LogP contribution is 2.30. The topological polar surface area (TPSA) is 117 Å². The van der Waals surface area contributed by atoms with Gasteiger partial charge in [-0.1, -0.05) is 0 Å². The van der Waals surface area contributed by atoms with E-state index in [4.69, 9.17) is 15.2 Å². The van der Waals surface area contributed by atoms with Gasteiger partial charge < -0.3 is 20.5 Å². The predicted octanol–water partition coefficient (Wildman–Crippen LogP) is 4.08. The number of carbonyl (C=O) groups excluding carboxylic acids is 1. The second kappa shape index (κ2) is 9.80. The molecular weight excluding hydrogens is 463 g/mol. The lowest BCUT2D eigenvalue weighted by atomic mass is 10.0. The quantitative estimate of drug-likeness (QED) is 0.401. The van der Waals surface area contributed by atoms with Crippen molar-refractivity contribution in [1.82, 2.24) is 24.9 Å². The average Bonchev–Trinajstić information content (AvgIpc) is 3.51. The Morgan fingerprint density at radius 1 is 1.19 bits per heavy atom. The molecule has 1 saturated carbocycles. The lowest BCUT2D eigenvalue weighted by molar-refractivity contribution is 0.0946. The Kier molecular flexibility index (Phi) is 6.41. The highest BCUT2D eigenvalue weighted by molar-refractivity contribution is 5.97. The number of amides is 1. The second-order valence-corrected chi connectivity index (χ2v) is 8.83. The van der Waals surface area contributed by atoms with Crippen LogP contribution in [-0.4, -0.2) is 38.7 Å². The molecule has 3 N–H and O–H groups in total. The van der Waals surface area contributed by atoms with Crippen molar-refractivity contribution >= 4 is 17.5 Å². The van der Waals surface area contributed by atoms with Crippen molar-refractivity contribution in [2.75, 3.05) is 12.8 Å². The zero-order valence-electron chi connectivity index (χ0n) is 20.1. The molecule has 9 nitrogen and oxygen atoms in total. The first-order chi connectivity index (χ1) is 17.4.